The minimum atomic E-state index is -0.0784. The summed E-state index contributed by atoms with van der Waals surface area (Å²) in [7, 11) is 5.27. The van der Waals surface area contributed by atoms with Gasteiger partial charge in [-0.05, 0) is 55.3 Å². The smallest absolute Gasteiger partial charge is 0.251 e. The lowest BCUT2D eigenvalue weighted by Crippen LogP contribution is -2.41. The normalized spacial score (nSPS) is 10.6. The van der Waals surface area contributed by atoms with Crippen LogP contribution in [0.4, 0.5) is 0 Å². The number of guanidine groups is 1. The van der Waals surface area contributed by atoms with Crippen molar-refractivity contribution in [3.05, 3.63) is 59.7 Å². The van der Waals surface area contributed by atoms with E-state index >= 15 is 0 Å². The summed E-state index contributed by atoms with van der Waals surface area (Å²) in [5.74, 6) is 2.37. The second-order valence-electron chi connectivity index (χ2n) is 6.71. The minimum Gasteiger partial charge on any atom is -0.497 e. The molecule has 0 fully saturated rings. The third kappa shape index (κ3) is 9.04. The third-order valence-corrected chi connectivity index (χ3v) is 4.53. The predicted octanol–water partition coefficient (Wildman–Crippen LogP) is 3.19. The number of rotatable bonds is 10. The van der Waals surface area contributed by atoms with Gasteiger partial charge in [0.05, 0.1) is 13.7 Å². The summed E-state index contributed by atoms with van der Waals surface area (Å²) >= 11 is 0. The molecule has 0 aliphatic heterocycles. The van der Waals surface area contributed by atoms with Crippen LogP contribution in [-0.4, -0.2) is 64.2 Å². The molecule has 31 heavy (non-hydrogen) atoms. The van der Waals surface area contributed by atoms with Gasteiger partial charge in [0.25, 0.3) is 5.91 Å². The maximum Gasteiger partial charge on any atom is 0.251 e. The van der Waals surface area contributed by atoms with Crippen LogP contribution in [0.2, 0.25) is 0 Å². The molecule has 0 aromatic heterocycles. The first-order valence-electron chi connectivity index (χ1n) is 10.1. The van der Waals surface area contributed by atoms with E-state index in [0.29, 0.717) is 25.3 Å². The summed E-state index contributed by atoms with van der Waals surface area (Å²) in [4.78, 5) is 18.5. The van der Waals surface area contributed by atoms with Crippen LogP contribution in [0.3, 0.4) is 0 Å². The van der Waals surface area contributed by atoms with E-state index in [1.165, 1.54) is 0 Å². The van der Waals surface area contributed by atoms with E-state index < -0.39 is 0 Å². The molecule has 0 aliphatic rings. The van der Waals surface area contributed by atoms with Gasteiger partial charge < -0.3 is 25.0 Å². The Morgan fingerprint density at radius 2 is 1.84 bits per heavy atom. The lowest BCUT2D eigenvalue weighted by atomic mass is 10.1. The van der Waals surface area contributed by atoms with Gasteiger partial charge in [-0.15, -0.1) is 24.0 Å². The number of nitrogens with one attached hydrogen (secondary N) is 2. The van der Waals surface area contributed by atoms with Crippen LogP contribution in [0, 0.1) is 0 Å². The van der Waals surface area contributed by atoms with Crippen molar-refractivity contribution in [3.8, 4) is 11.5 Å². The van der Waals surface area contributed by atoms with Crippen molar-refractivity contribution < 1.29 is 14.3 Å². The highest BCUT2D eigenvalue weighted by Gasteiger charge is 2.07. The molecule has 0 heterocycles. The monoisotopic (exact) mass is 540 g/mol. The van der Waals surface area contributed by atoms with Gasteiger partial charge in [-0.3, -0.25) is 9.79 Å². The molecule has 2 rings (SSSR count). The van der Waals surface area contributed by atoms with Gasteiger partial charge in [0.1, 0.15) is 18.1 Å². The maximum atomic E-state index is 11.8. The Balaban J connectivity index is 0.00000480. The van der Waals surface area contributed by atoms with E-state index in [1.54, 1.807) is 14.2 Å². The van der Waals surface area contributed by atoms with Crippen molar-refractivity contribution >= 4 is 35.8 Å². The Kier molecular flexibility index (Phi) is 12.4. The van der Waals surface area contributed by atoms with E-state index in [2.05, 4.69) is 10.6 Å². The summed E-state index contributed by atoms with van der Waals surface area (Å²) in [5.41, 5.74) is 1.75. The number of ether oxygens (including phenoxy) is 2. The van der Waals surface area contributed by atoms with Crippen molar-refractivity contribution in [1.82, 2.24) is 15.5 Å². The summed E-state index contributed by atoms with van der Waals surface area (Å²) < 4.78 is 11.0. The van der Waals surface area contributed by atoms with Crippen molar-refractivity contribution in [2.45, 2.75) is 13.3 Å². The van der Waals surface area contributed by atoms with Gasteiger partial charge in [0.2, 0.25) is 0 Å². The molecule has 0 radical (unpaired) electrons. The Morgan fingerprint density at radius 1 is 1.13 bits per heavy atom. The van der Waals surface area contributed by atoms with E-state index in [0.717, 1.165) is 36.0 Å². The van der Waals surface area contributed by atoms with Crippen LogP contribution in [0.5, 0.6) is 11.5 Å². The van der Waals surface area contributed by atoms with Gasteiger partial charge in [0, 0.05) is 32.7 Å². The molecule has 2 aromatic carbocycles. The summed E-state index contributed by atoms with van der Waals surface area (Å²) in [5, 5.41) is 5.96. The lowest BCUT2D eigenvalue weighted by Gasteiger charge is -2.22. The molecule has 1 amide bonds. The molecule has 0 spiro atoms. The molecule has 2 N–H and O–H groups in total. The number of benzene rings is 2. The molecule has 0 saturated heterocycles. The first kappa shape index (κ1) is 26.5. The van der Waals surface area contributed by atoms with Crippen molar-refractivity contribution in [1.29, 1.82) is 0 Å². The van der Waals surface area contributed by atoms with E-state index in [9.17, 15) is 4.79 Å². The first-order valence-corrected chi connectivity index (χ1v) is 10.1. The molecule has 0 aliphatic carbocycles. The Morgan fingerprint density at radius 3 is 2.48 bits per heavy atom. The summed E-state index contributed by atoms with van der Waals surface area (Å²) in [6.07, 6.45) is 0.760. The number of carbonyl (C=O) groups excluding carboxylic acids is 1. The maximum absolute atomic E-state index is 11.8. The molecular weight excluding hydrogens is 507 g/mol. The number of nitrogens with zero attached hydrogens (tertiary/aromatic N) is 2. The van der Waals surface area contributed by atoms with Crippen LogP contribution < -0.4 is 20.1 Å². The number of likely N-dealkylation sites (N-methyl/N-ethyl adjacent to an activating group) is 1. The Labute approximate surface area is 202 Å². The van der Waals surface area contributed by atoms with Gasteiger partial charge >= 0.3 is 0 Å². The zero-order valence-electron chi connectivity index (χ0n) is 18.7. The third-order valence-electron chi connectivity index (χ3n) is 4.53. The van der Waals surface area contributed by atoms with Crippen molar-refractivity contribution in [2.75, 3.05) is 47.4 Å². The molecule has 0 bridgehead atoms. The second-order valence-corrected chi connectivity index (χ2v) is 6.71. The van der Waals surface area contributed by atoms with Gasteiger partial charge in [-0.25, -0.2) is 0 Å². The fourth-order valence-electron chi connectivity index (χ4n) is 2.85. The van der Waals surface area contributed by atoms with Gasteiger partial charge in [0.15, 0.2) is 5.96 Å². The zero-order chi connectivity index (χ0) is 21.8. The molecule has 0 atom stereocenters. The topological polar surface area (TPSA) is 75.2 Å². The van der Waals surface area contributed by atoms with Crippen LogP contribution in [0.1, 0.15) is 22.8 Å². The molecule has 8 heteroatoms. The highest BCUT2D eigenvalue weighted by molar-refractivity contribution is 14.0. The van der Waals surface area contributed by atoms with Crippen LogP contribution in [0.15, 0.2) is 53.5 Å². The van der Waals surface area contributed by atoms with E-state index in [4.69, 9.17) is 14.5 Å². The number of hydrogen-bond donors (Lipinski definition) is 2. The first-order chi connectivity index (χ1) is 14.6. The lowest BCUT2D eigenvalue weighted by molar-refractivity contribution is 0.0963. The molecular formula is C23H33IN4O3. The Hall–Kier alpha value is -2.49. The number of amides is 1. The van der Waals surface area contributed by atoms with E-state index in [1.807, 2.05) is 67.4 Å². The van der Waals surface area contributed by atoms with Gasteiger partial charge in [-0.2, -0.15) is 0 Å². The standard InChI is InChI=1S/C23H32N4O3.HI/c1-5-25-23(26-14-13-18-7-6-8-19(17-18)22(28)24-2)27(3)15-16-30-21-11-9-20(29-4)10-12-21;/h6-12,17H,5,13-16H2,1-4H3,(H,24,28)(H,25,26);1H. The van der Waals surface area contributed by atoms with Crippen LogP contribution >= 0.6 is 24.0 Å². The zero-order valence-corrected chi connectivity index (χ0v) is 21.0. The number of carbonyl (C=O) groups is 1. The summed E-state index contributed by atoms with van der Waals surface area (Å²) in [6, 6.07) is 15.2. The second kappa shape index (κ2) is 14.5. The van der Waals surface area contributed by atoms with Crippen LogP contribution in [-0.2, 0) is 6.42 Å². The molecule has 170 valence electrons. The largest absolute Gasteiger partial charge is 0.497 e. The summed E-state index contributed by atoms with van der Waals surface area (Å²) in [6.45, 7) is 4.70. The molecule has 2 aromatic rings. The average Bonchev–Trinajstić information content (AvgIpc) is 2.78. The quantitative estimate of drug-likeness (QED) is 0.275. The minimum absolute atomic E-state index is 0. The fraction of sp³-hybridized carbons (Fsp3) is 0.391. The highest BCUT2D eigenvalue weighted by atomic mass is 127. The fourth-order valence-corrected chi connectivity index (χ4v) is 2.85. The van der Waals surface area contributed by atoms with E-state index in [-0.39, 0.29) is 29.9 Å². The van der Waals surface area contributed by atoms with Crippen LogP contribution in [0.25, 0.3) is 0 Å². The molecule has 0 unspecified atom stereocenters. The number of aliphatic imine (C=N–C) groups is 1. The highest BCUT2D eigenvalue weighted by Crippen LogP contribution is 2.16. The SMILES string of the molecule is CCNC(=NCCc1cccc(C(=O)NC)c1)N(C)CCOc1ccc(OC)cc1.I. The Bertz CT molecular complexity index is 828. The average molecular weight is 540 g/mol. The number of halogens is 1. The number of hydrogen-bond acceptors (Lipinski definition) is 4. The molecule has 7 nitrogen and oxygen atoms in total. The van der Waals surface area contributed by atoms with Crippen molar-refractivity contribution in [2.24, 2.45) is 4.99 Å². The van der Waals surface area contributed by atoms with Gasteiger partial charge in [-0.1, -0.05) is 12.1 Å². The molecule has 0 saturated carbocycles. The number of methoxy groups -OCH3 is 1. The predicted molar refractivity (Wildman–Crippen MR) is 136 cm³/mol. The van der Waals surface area contributed by atoms with Crippen molar-refractivity contribution in [3.63, 3.8) is 0 Å².